The highest BCUT2D eigenvalue weighted by atomic mass is 35.5. The standard InChI is InChI=1S/C24H30ClN5O2/c1-16(2)26-27-17(3)13-21-15-22(25)7-5-20(21)6-8-24(31)30-11-9-19(10-12-30)14-23-29-28-18(4)32-23/h5-8,15,19H,9-14H2,1-4H3/b8-6+,27-17+. The third kappa shape index (κ3) is 7.12. The van der Waals surface area contributed by atoms with Crippen LogP contribution in [0.3, 0.4) is 0 Å². The predicted molar refractivity (Wildman–Crippen MR) is 128 cm³/mol. The van der Waals surface area contributed by atoms with Crippen LogP contribution in [-0.2, 0) is 17.6 Å². The minimum absolute atomic E-state index is 0.0228. The summed E-state index contributed by atoms with van der Waals surface area (Å²) in [4.78, 5) is 14.6. The lowest BCUT2D eigenvalue weighted by molar-refractivity contribution is -0.127. The number of hydrogen-bond donors (Lipinski definition) is 0. The fourth-order valence-corrected chi connectivity index (χ4v) is 3.87. The lowest BCUT2D eigenvalue weighted by Gasteiger charge is -2.30. The Labute approximate surface area is 194 Å². The van der Waals surface area contributed by atoms with Crippen LogP contribution < -0.4 is 0 Å². The Morgan fingerprint density at radius 1 is 1.22 bits per heavy atom. The number of benzene rings is 1. The van der Waals surface area contributed by atoms with E-state index in [1.165, 1.54) is 0 Å². The van der Waals surface area contributed by atoms with E-state index in [-0.39, 0.29) is 5.91 Å². The molecule has 0 aliphatic carbocycles. The van der Waals surface area contributed by atoms with Crippen molar-refractivity contribution in [3.05, 3.63) is 52.2 Å². The first-order chi connectivity index (χ1) is 15.3. The molecule has 1 aliphatic rings. The number of aryl methyl sites for hydroxylation is 1. The Bertz CT molecular complexity index is 1030. The van der Waals surface area contributed by atoms with Gasteiger partial charge in [0.15, 0.2) is 0 Å². The number of likely N-dealkylation sites (tertiary alicyclic amines) is 1. The predicted octanol–water partition coefficient (Wildman–Crippen LogP) is 4.93. The van der Waals surface area contributed by atoms with Crippen molar-refractivity contribution in [3.63, 3.8) is 0 Å². The molecule has 0 spiro atoms. The van der Waals surface area contributed by atoms with Crippen molar-refractivity contribution in [2.24, 2.45) is 16.1 Å². The third-order valence-electron chi connectivity index (χ3n) is 5.33. The minimum atomic E-state index is 0.0228. The molecule has 170 valence electrons. The molecule has 0 bridgehead atoms. The Morgan fingerprint density at radius 2 is 1.97 bits per heavy atom. The van der Waals surface area contributed by atoms with Crippen LogP contribution in [0.2, 0.25) is 5.02 Å². The van der Waals surface area contributed by atoms with Crippen molar-refractivity contribution >= 4 is 35.0 Å². The zero-order chi connectivity index (χ0) is 23.1. The number of aromatic nitrogens is 2. The van der Waals surface area contributed by atoms with Gasteiger partial charge in [-0.3, -0.25) is 4.79 Å². The van der Waals surface area contributed by atoms with Gasteiger partial charge < -0.3 is 9.32 Å². The fourth-order valence-electron chi connectivity index (χ4n) is 3.68. The van der Waals surface area contributed by atoms with E-state index in [9.17, 15) is 4.79 Å². The second kappa shape index (κ2) is 11.2. The van der Waals surface area contributed by atoms with E-state index in [1.54, 1.807) is 13.0 Å². The van der Waals surface area contributed by atoms with Crippen LogP contribution in [0.15, 0.2) is 38.9 Å². The van der Waals surface area contributed by atoms with Crippen molar-refractivity contribution in [1.82, 2.24) is 15.1 Å². The quantitative estimate of drug-likeness (QED) is 0.336. The molecule has 7 nitrogen and oxygen atoms in total. The molecule has 2 heterocycles. The van der Waals surface area contributed by atoms with E-state index in [2.05, 4.69) is 20.4 Å². The molecule has 0 N–H and O–H groups in total. The van der Waals surface area contributed by atoms with Gasteiger partial charge in [0, 0.05) is 55.4 Å². The average Bonchev–Trinajstić information content (AvgIpc) is 3.16. The zero-order valence-corrected chi connectivity index (χ0v) is 19.9. The Balaban J connectivity index is 1.59. The molecule has 0 unspecified atom stereocenters. The third-order valence-corrected chi connectivity index (χ3v) is 5.57. The molecule has 1 fully saturated rings. The van der Waals surface area contributed by atoms with Crippen LogP contribution in [0.1, 0.15) is 56.5 Å². The molecule has 0 atom stereocenters. The SMILES string of the molecule is CC(C)=N/N=C(\C)Cc1cc(Cl)ccc1/C=C/C(=O)N1CCC(Cc2nnc(C)o2)CC1. The average molecular weight is 456 g/mol. The molecule has 1 amide bonds. The highest BCUT2D eigenvalue weighted by Crippen LogP contribution is 2.22. The van der Waals surface area contributed by atoms with Gasteiger partial charge in [-0.15, -0.1) is 10.2 Å². The van der Waals surface area contributed by atoms with E-state index in [0.717, 1.165) is 54.9 Å². The molecule has 1 aliphatic heterocycles. The number of nitrogens with zero attached hydrogens (tertiary/aromatic N) is 5. The summed E-state index contributed by atoms with van der Waals surface area (Å²) in [5.41, 5.74) is 3.75. The van der Waals surface area contributed by atoms with Gasteiger partial charge in [-0.05, 0) is 68.9 Å². The fraction of sp³-hybridized carbons (Fsp3) is 0.458. The summed E-state index contributed by atoms with van der Waals surface area (Å²) in [5, 5.41) is 17.0. The van der Waals surface area contributed by atoms with Crippen molar-refractivity contribution in [2.45, 2.75) is 53.4 Å². The number of piperidine rings is 1. The van der Waals surface area contributed by atoms with Crippen molar-refractivity contribution in [1.29, 1.82) is 0 Å². The molecule has 0 radical (unpaired) electrons. The molecular formula is C24H30ClN5O2. The normalized spacial score (nSPS) is 15.4. The molecular weight excluding hydrogens is 426 g/mol. The lowest BCUT2D eigenvalue weighted by Crippen LogP contribution is -2.38. The largest absolute Gasteiger partial charge is 0.426 e. The number of carbonyl (C=O) groups excluding carboxylic acids is 1. The Kier molecular flexibility index (Phi) is 8.33. The molecule has 1 aromatic carbocycles. The van der Waals surface area contributed by atoms with Crippen LogP contribution >= 0.6 is 11.6 Å². The summed E-state index contributed by atoms with van der Waals surface area (Å²) >= 11 is 6.20. The van der Waals surface area contributed by atoms with Crippen LogP contribution in [0.5, 0.6) is 0 Å². The number of rotatable bonds is 7. The first-order valence-electron chi connectivity index (χ1n) is 10.9. The summed E-state index contributed by atoms with van der Waals surface area (Å²) in [7, 11) is 0. The van der Waals surface area contributed by atoms with Crippen LogP contribution in [0.4, 0.5) is 0 Å². The summed E-state index contributed by atoms with van der Waals surface area (Å²) in [6.07, 6.45) is 6.76. The highest BCUT2D eigenvalue weighted by molar-refractivity contribution is 6.30. The van der Waals surface area contributed by atoms with Crippen LogP contribution in [0.25, 0.3) is 6.08 Å². The molecule has 3 rings (SSSR count). The second-order valence-electron chi connectivity index (χ2n) is 8.42. The number of halogens is 1. The van der Waals surface area contributed by atoms with Gasteiger partial charge in [-0.1, -0.05) is 17.7 Å². The van der Waals surface area contributed by atoms with E-state index in [1.807, 2.05) is 49.9 Å². The zero-order valence-electron chi connectivity index (χ0n) is 19.1. The van der Waals surface area contributed by atoms with Gasteiger partial charge in [0.05, 0.1) is 0 Å². The maximum Gasteiger partial charge on any atom is 0.246 e. The molecule has 32 heavy (non-hydrogen) atoms. The monoisotopic (exact) mass is 455 g/mol. The molecule has 1 saturated heterocycles. The van der Waals surface area contributed by atoms with Gasteiger partial charge in [0.2, 0.25) is 17.7 Å². The number of carbonyl (C=O) groups is 1. The number of hydrogen-bond acceptors (Lipinski definition) is 6. The van der Waals surface area contributed by atoms with E-state index >= 15 is 0 Å². The second-order valence-corrected chi connectivity index (χ2v) is 8.86. The van der Waals surface area contributed by atoms with Gasteiger partial charge >= 0.3 is 0 Å². The Morgan fingerprint density at radius 3 is 2.62 bits per heavy atom. The first-order valence-corrected chi connectivity index (χ1v) is 11.3. The van der Waals surface area contributed by atoms with Crippen molar-refractivity contribution < 1.29 is 9.21 Å². The van der Waals surface area contributed by atoms with Gasteiger partial charge in [-0.25, -0.2) is 0 Å². The van der Waals surface area contributed by atoms with Crippen molar-refractivity contribution in [3.8, 4) is 0 Å². The first kappa shape index (κ1) is 23.9. The molecule has 8 heteroatoms. The van der Waals surface area contributed by atoms with E-state index < -0.39 is 0 Å². The summed E-state index contributed by atoms with van der Waals surface area (Å²) in [6, 6.07) is 5.68. The summed E-state index contributed by atoms with van der Waals surface area (Å²) in [5.74, 6) is 1.76. The maximum absolute atomic E-state index is 12.7. The van der Waals surface area contributed by atoms with Gasteiger partial charge in [0.25, 0.3) is 0 Å². The topological polar surface area (TPSA) is 84.0 Å². The smallest absolute Gasteiger partial charge is 0.246 e. The molecule has 1 aromatic heterocycles. The Hall–Kier alpha value is -2.80. The van der Waals surface area contributed by atoms with Gasteiger partial charge in [0.1, 0.15) is 0 Å². The maximum atomic E-state index is 12.7. The minimum Gasteiger partial charge on any atom is -0.426 e. The summed E-state index contributed by atoms with van der Waals surface area (Å²) < 4.78 is 5.48. The van der Waals surface area contributed by atoms with E-state index in [4.69, 9.17) is 16.0 Å². The lowest BCUT2D eigenvalue weighted by atomic mass is 9.93. The van der Waals surface area contributed by atoms with Gasteiger partial charge in [-0.2, -0.15) is 10.2 Å². The molecule has 2 aromatic rings. The van der Waals surface area contributed by atoms with Crippen LogP contribution in [0, 0.1) is 12.8 Å². The van der Waals surface area contributed by atoms with E-state index in [0.29, 0.717) is 29.1 Å². The molecule has 0 saturated carbocycles. The number of amides is 1. The summed E-state index contributed by atoms with van der Waals surface area (Å²) in [6.45, 7) is 9.01. The van der Waals surface area contributed by atoms with Crippen molar-refractivity contribution in [2.75, 3.05) is 13.1 Å². The van der Waals surface area contributed by atoms with Crippen LogP contribution in [-0.4, -0.2) is 45.5 Å². The highest BCUT2D eigenvalue weighted by Gasteiger charge is 2.23.